The summed E-state index contributed by atoms with van der Waals surface area (Å²) < 4.78 is 18.7. The molecule has 0 radical (unpaired) electrons. The number of likely N-dealkylation sites (tertiary alicyclic amines) is 1. The highest BCUT2D eigenvalue weighted by atomic mass is 35.5. The van der Waals surface area contributed by atoms with Crippen LogP contribution in [0.2, 0.25) is 5.02 Å². The van der Waals surface area contributed by atoms with E-state index < -0.39 is 70.5 Å². The van der Waals surface area contributed by atoms with E-state index in [2.05, 4.69) is 4.74 Å². The van der Waals surface area contributed by atoms with Crippen molar-refractivity contribution in [3.8, 4) is 5.75 Å². The number of aromatic hydroxyl groups is 1. The lowest BCUT2D eigenvalue weighted by atomic mass is 9.51. The van der Waals surface area contributed by atoms with Crippen LogP contribution in [0.3, 0.4) is 0 Å². The monoisotopic (exact) mass is 580 g/mol. The minimum absolute atomic E-state index is 0.0466. The smallest absolute Gasteiger partial charge is 0.423 e. The third-order valence-corrected chi connectivity index (χ3v) is 9.66. The Morgan fingerprint density at radius 1 is 1.10 bits per heavy atom. The van der Waals surface area contributed by atoms with Crippen molar-refractivity contribution < 1.29 is 38.2 Å². The zero-order valence-electron chi connectivity index (χ0n) is 22.4. The molecule has 0 aromatic heterocycles. The lowest BCUT2D eigenvalue weighted by molar-refractivity contribution is -0.138. The Morgan fingerprint density at radius 2 is 1.83 bits per heavy atom. The minimum atomic E-state index is -1.40. The number of benzene rings is 2. The number of imide groups is 4. The van der Waals surface area contributed by atoms with Gasteiger partial charge in [0.1, 0.15) is 11.6 Å². The van der Waals surface area contributed by atoms with E-state index in [-0.39, 0.29) is 29.3 Å². The van der Waals surface area contributed by atoms with Gasteiger partial charge in [-0.3, -0.25) is 19.2 Å². The number of allylic oxidation sites excluding steroid dienone is 2. The number of phenolic OH excluding ortho intramolecular Hbond substituents is 1. The molecule has 11 heteroatoms. The number of nitrogens with zero attached hydrogens (tertiary/aromatic N) is 2. The largest absolute Gasteiger partial charge is 0.507 e. The highest BCUT2D eigenvalue weighted by Crippen LogP contribution is 2.64. The molecule has 3 fully saturated rings. The molecular weight excluding hydrogens is 555 g/mol. The highest BCUT2D eigenvalue weighted by Gasteiger charge is 2.68. The number of aryl methyl sites for hydroxylation is 1. The fourth-order valence-corrected chi connectivity index (χ4v) is 7.59. The SMILES string of the molecule is COC(=O)N1C(=O)C2CC=C3C(CC4C(=O)N(c5ccc(F)c(Cl)c5)C(=O)C4(C)C3c3cccc(C)c3O)C2C1=O. The van der Waals surface area contributed by atoms with E-state index in [4.69, 9.17) is 11.6 Å². The first kappa shape index (κ1) is 27.1. The van der Waals surface area contributed by atoms with Gasteiger partial charge in [0.15, 0.2) is 0 Å². The van der Waals surface area contributed by atoms with Gasteiger partial charge in [0.25, 0.3) is 0 Å². The van der Waals surface area contributed by atoms with Gasteiger partial charge in [-0.15, -0.1) is 0 Å². The Kier molecular flexibility index (Phi) is 6.11. The summed E-state index contributed by atoms with van der Waals surface area (Å²) in [6.07, 6.45) is 0.922. The van der Waals surface area contributed by atoms with Crippen molar-refractivity contribution in [2.24, 2.45) is 29.1 Å². The second-order valence-electron chi connectivity index (χ2n) is 11.3. The number of hydrogen-bond donors (Lipinski definition) is 1. The van der Waals surface area contributed by atoms with Gasteiger partial charge in [-0.25, -0.2) is 14.1 Å². The second-order valence-corrected chi connectivity index (χ2v) is 11.7. The third kappa shape index (κ3) is 3.56. The molecule has 2 aromatic rings. The fraction of sp³-hybridized carbons (Fsp3) is 0.367. The summed E-state index contributed by atoms with van der Waals surface area (Å²) in [7, 11) is 1.08. The lowest BCUT2D eigenvalue weighted by Crippen LogP contribution is -2.49. The lowest BCUT2D eigenvalue weighted by Gasteiger charge is -2.49. The standard InChI is InChI=1S/C30H26ClFN2O7/c1-13-5-4-6-17(24(13)35)23-15-8-9-16-22(27(38)34(25(16)36)29(40)41-3)18(15)12-19-26(37)33(28(39)30(19,23)2)14-7-10-21(32)20(31)11-14/h4-8,10-11,16,18-19,22-23,35H,9,12H2,1-3H3. The number of halogens is 2. The molecule has 212 valence electrons. The molecule has 4 aliphatic rings. The average molecular weight is 581 g/mol. The summed E-state index contributed by atoms with van der Waals surface area (Å²) in [5.74, 6) is -7.47. The van der Waals surface area contributed by atoms with Crippen LogP contribution in [0.15, 0.2) is 48.0 Å². The molecule has 6 unspecified atom stereocenters. The molecule has 9 nitrogen and oxygen atoms in total. The maximum Gasteiger partial charge on any atom is 0.423 e. The van der Waals surface area contributed by atoms with Crippen LogP contribution in [0, 0.1) is 41.8 Å². The van der Waals surface area contributed by atoms with E-state index in [9.17, 15) is 33.5 Å². The predicted molar refractivity (Wildman–Crippen MR) is 143 cm³/mol. The second kappa shape index (κ2) is 9.24. The summed E-state index contributed by atoms with van der Waals surface area (Å²) >= 11 is 6.00. The molecule has 5 amide bonds. The van der Waals surface area contributed by atoms with E-state index in [1.165, 1.54) is 12.1 Å². The Labute approximate surface area is 239 Å². The van der Waals surface area contributed by atoms with Crippen molar-refractivity contribution in [1.29, 1.82) is 0 Å². The topological polar surface area (TPSA) is 121 Å². The quantitative estimate of drug-likeness (QED) is 0.410. The van der Waals surface area contributed by atoms with Crippen LogP contribution in [-0.2, 0) is 23.9 Å². The maximum absolute atomic E-state index is 14.3. The van der Waals surface area contributed by atoms with Crippen LogP contribution >= 0.6 is 11.6 Å². The number of hydrogen-bond acceptors (Lipinski definition) is 7. The number of carbonyl (C=O) groups excluding carboxylic acids is 5. The molecule has 2 heterocycles. The summed E-state index contributed by atoms with van der Waals surface area (Å²) in [4.78, 5) is 68.9. The molecule has 6 rings (SSSR count). The van der Waals surface area contributed by atoms with Crippen molar-refractivity contribution in [3.63, 3.8) is 0 Å². The molecule has 2 aromatic carbocycles. The Hall–Kier alpha value is -4.05. The van der Waals surface area contributed by atoms with Gasteiger partial charge in [0.05, 0.1) is 41.0 Å². The number of methoxy groups -OCH3 is 1. The van der Waals surface area contributed by atoms with Gasteiger partial charge in [-0.2, -0.15) is 4.90 Å². The molecular formula is C30H26ClFN2O7. The third-order valence-electron chi connectivity index (χ3n) is 9.37. The average Bonchev–Trinajstić information content (AvgIpc) is 3.31. The predicted octanol–water partition coefficient (Wildman–Crippen LogP) is 4.49. The Balaban J connectivity index is 1.54. The van der Waals surface area contributed by atoms with Gasteiger partial charge in [0.2, 0.25) is 23.6 Å². The van der Waals surface area contributed by atoms with Crippen LogP contribution in [0.25, 0.3) is 0 Å². The summed E-state index contributed by atoms with van der Waals surface area (Å²) in [5, 5.41) is 11.0. The van der Waals surface area contributed by atoms with E-state index in [1.54, 1.807) is 38.1 Å². The zero-order chi connectivity index (χ0) is 29.5. The first-order valence-electron chi connectivity index (χ1n) is 13.2. The highest BCUT2D eigenvalue weighted by molar-refractivity contribution is 6.31. The molecule has 0 bridgehead atoms. The van der Waals surface area contributed by atoms with Gasteiger partial charge in [0, 0.05) is 11.5 Å². The first-order valence-corrected chi connectivity index (χ1v) is 13.6. The van der Waals surface area contributed by atoms with E-state index in [0.717, 1.165) is 18.1 Å². The van der Waals surface area contributed by atoms with Crippen LogP contribution in [-0.4, -0.2) is 46.8 Å². The molecule has 1 N–H and O–H groups in total. The molecule has 2 aliphatic carbocycles. The minimum Gasteiger partial charge on any atom is -0.507 e. The van der Waals surface area contributed by atoms with Crippen molar-refractivity contribution in [3.05, 3.63) is 70.0 Å². The number of anilines is 1. The number of fused-ring (bicyclic) bond motifs is 4. The molecule has 0 spiro atoms. The summed E-state index contributed by atoms with van der Waals surface area (Å²) in [6.45, 7) is 3.38. The fourth-order valence-electron chi connectivity index (χ4n) is 7.42. The van der Waals surface area contributed by atoms with Crippen molar-refractivity contribution >= 4 is 47.0 Å². The van der Waals surface area contributed by atoms with E-state index in [1.807, 2.05) is 0 Å². The van der Waals surface area contributed by atoms with Gasteiger partial charge >= 0.3 is 6.09 Å². The zero-order valence-corrected chi connectivity index (χ0v) is 23.1. The molecule has 2 aliphatic heterocycles. The number of ether oxygens (including phenoxy) is 1. The number of amides is 5. The molecule has 2 saturated heterocycles. The number of carbonyl (C=O) groups is 5. The molecule has 1 saturated carbocycles. The Bertz CT molecular complexity index is 1610. The maximum atomic E-state index is 14.3. The molecule has 6 atom stereocenters. The normalized spacial score (nSPS) is 30.7. The summed E-state index contributed by atoms with van der Waals surface area (Å²) in [5.41, 5.74) is 0.328. The van der Waals surface area contributed by atoms with Crippen LogP contribution in [0.4, 0.5) is 14.9 Å². The first-order chi connectivity index (χ1) is 19.4. The number of rotatable bonds is 2. The van der Waals surface area contributed by atoms with Crippen molar-refractivity contribution in [2.45, 2.75) is 32.6 Å². The van der Waals surface area contributed by atoms with Crippen molar-refractivity contribution in [1.82, 2.24) is 4.90 Å². The van der Waals surface area contributed by atoms with Crippen LogP contribution in [0.5, 0.6) is 5.75 Å². The summed E-state index contributed by atoms with van der Waals surface area (Å²) in [6, 6.07) is 8.72. The Morgan fingerprint density at radius 3 is 2.51 bits per heavy atom. The van der Waals surface area contributed by atoms with Crippen molar-refractivity contribution in [2.75, 3.05) is 12.0 Å². The van der Waals surface area contributed by atoms with Gasteiger partial charge in [-0.1, -0.05) is 41.4 Å². The van der Waals surface area contributed by atoms with Gasteiger partial charge < -0.3 is 9.84 Å². The van der Waals surface area contributed by atoms with E-state index >= 15 is 0 Å². The molecule has 41 heavy (non-hydrogen) atoms. The van der Waals surface area contributed by atoms with Crippen LogP contribution < -0.4 is 4.90 Å². The number of para-hydroxylation sites is 1. The van der Waals surface area contributed by atoms with Crippen LogP contribution in [0.1, 0.15) is 36.8 Å². The number of phenols is 1. The van der Waals surface area contributed by atoms with E-state index in [0.29, 0.717) is 21.6 Å². The van der Waals surface area contributed by atoms with Gasteiger partial charge in [-0.05, 0) is 56.4 Å².